The van der Waals surface area contributed by atoms with Gasteiger partial charge in [-0.15, -0.1) is 0 Å². The fraction of sp³-hybridized carbons (Fsp3) is 0.667. The zero-order valence-electron chi connectivity index (χ0n) is 17.0. The summed E-state index contributed by atoms with van der Waals surface area (Å²) >= 11 is 0. The molecule has 0 amide bonds. The number of aliphatic imine (C=N–C) groups is 1. The quantitative estimate of drug-likeness (QED) is 0.353. The lowest BCUT2D eigenvalue weighted by atomic mass is 10.2. The molecule has 0 aliphatic carbocycles. The van der Waals surface area contributed by atoms with E-state index < -0.39 is 0 Å². The molecule has 2 rings (SSSR count). The van der Waals surface area contributed by atoms with Gasteiger partial charge in [-0.2, -0.15) is 0 Å². The van der Waals surface area contributed by atoms with Crippen molar-refractivity contribution in [3.8, 4) is 5.75 Å². The van der Waals surface area contributed by atoms with E-state index in [0.717, 1.165) is 63.2 Å². The van der Waals surface area contributed by atoms with Crippen molar-refractivity contribution in [3.05, 3.63) is 29.8 Å². The van der Waals surface area contributed by atoms with Gasteiger partial charge >= 0.3 is 0 Å². The highest BCUT2D eigenvalue weighted by Crippen LogP contribution is 2.14. The minimum atomic E-state index is 0.643. The maximum absolute atomic E-state index is 5.93. The fourth-order valence-corrected chi connectivity index (χ4v) is 2.94. The number of nitrogens with zero attached hydrogens (tertiary/aromatic N) is 2. The predicted molar refractivity (Wildman–Crippen MR) is 112 cm³/mol. The van der Waals surface area contributed by atoms with Crippen LogP contribution >= 0.6 is 0 Å². The molecular formula is C21H36N4O2. The molecule has 6 nitrogen and oxygen atoms in total. The number of benzene rings is 1. The lowest BCUT2D eigenvalue weighted by Crippen LogP contribution is -2.38. The number of unbranched alkanes of at least 4 members (excludes halogenated alkanes) is 2. The van der Waals surface area contributed by atoms with Gasteiger partial charge < -0.3 is 20.1 Å². The van der Waals surface area contributed by atoms with Crippen molar-refractivity contribution < 1.29 is 9.47 Å². The van der Waals surface area contributed by atoms with E-state index in [1.807, 2.05) is 12.1 Å². The largest absolute Gasteiger partial charge is 0.492 e. The van der Waals surface area contributed by atoms with E-state index >= 15 is 0 Å². The highest BCUT2D eigenvalue weighted by Gasteiger charge is 2.09. The molecule has 0 bridgehead atoms. The summed E-state index contributed by atoms with van der Waals surface area (Å²) in [6.07, 6.45) is 3.65. The van der Waals surface area contributed by atoms with E-state index in [4.69, 9.17) is 14.5 Å². The Morgan fingerprint density at radius 3 is 2.81 bits per heavy atom. The molecule has 0 aromatic heterocycles. The van der Waals surface area contributed by atoms with E-state index in [1.165, 1.54) is 19.3 Å². The second-order valence-electron chi connectivity index (χ2n) is 6.78. The number of ether oxygens (including phenoxy) is 2. The standard InChI is InChI=1S/C21H36N4O2/c1-3-5-6-10-23-21(22-4-2)24-18-19-8-7-9-20(17-19)27-16-13-25-11-14-26-15-12-25/h7-9,17H,3-6,10-16,18H2,1-2H3,(H2,22,23,24). The SMILES string of the molecule is CCCCCNC(=NCc1cccc(OCCN2CCOCC2)c1)NCC. The third-order valence-electron chi connectivity index (χ3n) is 4.52. The first-order valence-electron chi connectivity index (χ1n) is 10.4. The van der Waals surface area contributed by atoms with Crippen LogP contribution in [0.25, 0.3) is 0 Å². The van der Waals surface area contributed by atoms with Crippen molar-refractivity contribution >= 4 is 5.96 Å². The van der Waals surface area contributed by atoms with Crippen LogP contribution < -0.4 is 15.4 Å². The Bertz CT molecular complexity index is 545. The normalized spacial score (nSPS) is 15.6. The summed E-state index contributed by atoms with van der Waals surface area (Å²) in [6, 6.07) is 8.24. The second kappa shape index (κ2) is 13.4. The minimum Gasteiger partial charge on any atom is -0.492 e. The molecule has 1 aromatic rings. The molecule has 152 valence electrons. The Balaban J connectivity index is 1.78. The Kier molecular flexibility index (Phi) is 10.7. The van der Waals surface area contributed by atoms with E-state index in [1.54, 1.807) is 0 Å². The Labute approximate surface area is 164 Å². The molecular weight excluding hydrogens is 340 g/mol. The van der Waals surface area contributed by atoms with E-state index in [9.17, 15) is 0 Å². The summed E-state index contributed by atoms with van der Waals surface area (Å²) in [5.41, 5.74) is 1.16. The van der Waals surface area contributed by atoms with Crippen LogP contribution in [0, 0.1) is 0 Å². The summed E-state index contributed by atoms with van der Waals surface area (Å²) in [4.78, 5) is 7.07. The third kappa shape index (κ3) is 9.11. The van der Waals surface area contributed by atoms with Crippen molar-refractivity contribution in [2.75, 3.05) is 52.5 Å². The zero-order valence-corrected chi connectivity index (χ0v) is 17.0. The molecule has 0 spiro atoms. The molecule has 1 aliphatic heterocycles. The molecule has 1 saturated heterocycles. The molecule has 1 fully saturated rings. The molecule has 2 N–H and O–H groups in total. The van der Waals surface area contributed by atoms with Gasteiger partial charge in [-0.1, -0.05) is 31.9 Å². The van der Waals surface area contributed by atoms with Gasteiger partial charge in [0.05, 0.1) is 19.8 Å². The number of guanidine groups is 1. The monoisotopic (exact) mass is 376 g/mol. The average Bonchev–Trinajstić information content (AvgIpc) is 2.70. The number of hydrogen-bond acceptors (Lipinski definition) is 4. The molecule has 1 aromatic carbocycles. The summed E-state index contributed by atoms with van der Waals surface area (Å²) < 4.78 is 11.3. The van der Waals surface area contributed by atoms with Gasteiger partial charge in [-0.25, -0.2) is 4.99 Å². The van der Waals surface area contributed by atoms with Gasteiger partial charge in [-0.3, -0.25) is 4.90 Å². The summed E-state index contributed by atoms with van der Waals surface area (Å²) in [6.45, 7) is 12.1. The van der Waals surface area contributed by atoms with Crippen LogP contribution in [0.3, 0.4) is 0 Å². The maximum atomic E-state index is 5.93. The van der Waals surface area contributed by atoms with Crippen LogP contribution in [0.15, 0.2) is 29.3 Å². The van der Waals surface area contributed by atoms with Crippen LogP contribution in [0.2, 0.25) is 0 Å². The smallest absolute Gasteiger partial charge is 0.191 e. The number of morpholine rings is 1. The third-order valence-corrected chi connectivity index (χ3v) is 4.52. The predicted octanol–water partition coefficient (Wildman–Crippen LogP) is 2.64. The maximum Gasteiger partial charge on any atom is 0.191 e. The lowest BCUT2D eigenvalue weighted by molar-refractivity contribution is 0.0322. The summed E-state index contributed by atoms with van der Waals surface area (Å²) in [5.74, 6) is 1.80. The summed E-state index contributed by atoms with van der Waals surface area (Å²) in [5, 5.41) is 6.71. The first kappa shape index (κ1) is 21.5. The number of hydrogen-bond donors (Lipinski definition) is 2. The van der Waals surface area contributed by atoms with Gasteiger partial charge in [0, 0.05) is 32.7 Å². The number of nitrogens with one attached hydrogen (secondary N) is 2. The van der Waals surface area contributed by atoms with Gasteiger partial charge in [0.1, 0.15) is 12.4 Å². The second-order valence-corrected chi connectivity index (χ2v) is 6.78. The lowest BCUT2D eigenvalue weighted by Gasteiger charge is -2.26. The highest BCUT2D eigenvalue weighted by atomic mass is 16.5. The van der Waals surface area contributed by atoms with Crippen LogP contribution in [-0.4, -0.2) is 63.4 Å². The van der Waals surface area contributed by atoms with Crippen molar-refractivity contribution in [1.29, 1.82) is 0 Å². The Hall–Kier alpha value is -1.79. The Morgan fingerprint density at radius 1 is 1.19 bits per heavy atom. The fourth-order valence-electron chi connectivity index (χ4n) is 2.94. The minimum absolute atomic E-state index is 0.643. The molecule has 1 aliphatic rings. The zero-order chi connectivity index (χ0) is 19.2. The molecule has 0 radical (unpaired) electrons. The molecule has 0 atom stereocenters. The van der Waals surface area contributed by atoms with Crippen molar-refractivity contribution in [2.24, 2.45) is 4.99 Å². The molecule has 0 saturated carbocycles. The van der Waals surface area contributed by atoms with Crippen LogP contribution in [-0.2, 0) is 11.3 Å². The molecule has 27 heavy (non-hydrogen) atoms. The summed E-state index contributed by atoms with van der Waals surface area (Å²) in [7, 11) is 0. The van der Waals surface area contributed by atoms with E-state index in [0.29, 0.717) is 13.2 Å². The van der Waals surface area contributed by atoms with Crippen molar-refractivity contribution in [3.63, 3.8) is 0 Å². The van der Waals surface area contributed by atoms with E-state index in [2.05, 4.69) is 41.5 Å². The first-order valence-corrected chi connectivity index (χ1v) is 10.4. The number of rotatable bonds is 11. The Morgan fingerprint density at radius 2 is 2.04 bits per heavy atom. The molecule has 6 heteroatoms. The van der Waals surface area contributed by atoms with Crippen molar-refractivity contribution in [2.45, 2.75) is 39.7 Å². The topological polar surface area (TPSA) is 58.1 Å². The van der Waals surface area contributed by atoms with Crippen LogP contribution in [0.1, 0.15) is 38.7 Å². The molecule has 0 unspecified atom stereocenters. The van der Waals surface area contributed by atoms with Crippen molar-refractivity contribution in [1.82, 2.24) is 15.5 Å². The van der Waals surface area contributed by atoms with Gasteiger partial charge in [0.2, 0.25) is 0 Å². The van der Waals surface area contributed by atoms with Gasteiger partial charge in [0.25, 0.3) is 0 Å². The van der Waals surface area contributed by atoms with E-state index in [-0.39, 0.29) is 0 Å². The first-order chi connectivity index (χ1) is 13.3. The van der Waals surface area contributed by atoms with Gasteiger partial charge in [-0.05, 0) is 31.0 Å². The van der Waals surface area contributed by atoms with Crippen LogP contribution in [0.4, 0.5) is 0 Å². The van der Waals surface area contributed by atoms with Gasteiger partial charge in [0.15, 0.2) is 5.96 Å². The molecule has 1 heterocycles. The highest BCUT2D eigenvalue weighted by molar-refractivity contribution is 5.79. The van der Waals surface area contributed by atoms with Crippen LogP contribution in [0.5, 0.6) is 5.75 Å². The average molecular weight is 377 g/mol.